The van der Waals surface area contributed by atoms with Crippen molar-refractivity contribution >= 4 is 33.3 Å². The summed E-state index contributed by atoms with van der Waals surface area (Å²) in [6.07, 6.45) is 1.48. The molecule has 0 amide bonds. The van der Waals surface area contributed by atoms with Crippen molar-refractivity contribution < 1.29 is 28.0 Å². The highest BCUT2D eigenvalue weighted by Crippen LogP contribution is 2.34. The molecule has 1 rings (SSSR count). The highest BCUT2D eigenvalue weighted by atomic mass is 35.5. The third kappa shape index (κ3) is 5.62. The fourth-order valence-corrected chi connectivity index (χ4v) is 3.44. The molecule has 0 atom stereocenters. The summed E-state index contributed by atoms with van der Waals surface area (Å²) in [5.74, 6) is -1.09. The molecule has 0 saturated heterocycles. The van der Waals surface area contributed by atoms with Gasteiger partial charge in [-0.05, 0) is 18.9 Å². The molecule has 0 spiro atoms. The lowest BCUT2D eigenvalue weighted by atomic mass is 10.2. The number of nitro groups is 1. The van der Waals surface area contributed by atoms with Gasteiger partial charge in [-0.2, -0.15) is 0 Å². The van der Waals surface area contributed by atoms with Crippen molar-refractivity contribution in [2.75, 3.05) is 13.7 Å². The Morgan fingerprint density at radius 1 is 1.38 bits per heavy atom. The van der Waals surface area contributed by atoms with Gasteiger partial charge >= 0.3 is 5.97 Å². The Morgan fingerprint density at radius 2 is 2.04 bits per heavy atom. The van der Waals surface area contributed by atoms with E-state index in [0.29, 0.717) is 19.3 Å². The van der Waals surface area contributed by atoms with Crippen LogP contribution in [0.25, 0.3) is 0 Å². The van der Waals surface area contributed by atoms with Crippen molar-refractivity contribution in [2.24, 2.45) is 0 Å². The van der Waals surface area contributed by atoms with Gasteiger partial charge in [0.15, 0.2) is 0 Å². The predicted octanol–water partition coefficient (Wildman–Crippen LogP) is 2.18. The summed E-state index contributed by atoms with van der Waals surface area (Å²) in [5.41, 5.74) is -0.457. The zero-order chi connectivity index (χ0) is 18.3. The molecule has 0 radical (unpaired) electrons. The van der Waals surface area contributed by atoms with Gasteiger partial charge in [0.05, 0.1) is 18.1 Å². The minimum Gasteiger partial charge on any atom is -0.495 e. The van der Waals surface area contributed by atoms with E-state index < -0.39 is 26.6 Å². The van der Waals surface area contributed by atoms with Crippen LogP contribution in [0.2, 0.25) is 5.02 Å². The Kier molecular flexibility index (Phi) is 7.39. The molecule has 24 heavy (non-hydrogen) atoms. The summed E-state index contributed by atoms with van der Waals surface area (Å²) < 4.78 is 31.8. The molecule has 0 aromatic heterocycles. The zero-order valence-electron chi connectivity index (χ0n) is 12.8. The number of benzene rings is 1. The van der Waals surface area contributed by atoms with E-state index in [1.165, 1.54) is 7.11 Å². The zero-order valence-corrected chi connectivity index (χ0v) is 14.4. The van der Waals surface area contributed by atoms with Gasteiger partial charge in [0, 0.05) is 13.0 Å². The molecular weight excluding hydrogens is 364 g/mol. The third-order valence-electron chi connectivity index (χ3n) is 3.08. The summed E-state index contributed by atoms with van der Waals surface area (Å²) in [5, 5.41) is 19.0. The number of carbonyl (C=O) groups is 1. The first-order valence-corrected chi connectivity index (χ1v) is 8.78. The molecule has 0 aliphatic rings. The summed E-state index contributed by atoms with van der Waals surface area (Å²) in [6.45, 7) is 0.0969. The summed E-state index contributed by atoms with van der Waals surface area (Å²) in [7, 11) is -2.78. The quantitative estimate of drug-likeness (QED) is 0.360. The van der Waals surface area contributed by atoms with Crippen LogP contribution in [0.4, 0.5) is 5.69 Å². The number of aliphatic carboxylic acids is 1. The summed E-state index contributed by atoms with van der Waals surface area (Å²) >= 11 is 5.75. The van der Waals surface area contributed by atoms with Crippen molar-refractivity contribution in [1.29, 1.82) is 0 Å². The van der Waals surface area contributed by atoms with E-state index in [1.54, 1.807) is 0 Å². The van der Waals surface area contributed by atoms with Gasteiger partial charge in [0.1, 0.15) is 15.7 Å². The minimum atomic E-state index is -3.97. The number of hydrogen-bond acceptors (Lipinski definition) is 6. The maximum atomic E-state index is 12.3. The van der Waals surface area contributed by atoms with Gasteiger partial charge in [-0.15, -0.1) is 0 Å². The second kappa shape index (κ2) is 8.81. The Labute approximate surface area is 143 Å². The molecule has 11 heteroatoms. The molecule has 2 N–H and O–H groups in total. The number of nitrogens with one attached hydrogen (secondary N) is 1. The number of ether oxygens (including phenoxy) is 1. The number of nitrogens with zero attached hydrogens (tertiary/aromatic N) is 1. The SMILES string of the molecule is COc1cc([N+](=O)[O-])c(Cl)cc1S(=O)(=O)NCCCCCC(=O)O. The highest BCUT2D eigenvalue weighted by molar-refractivity contribution is 7.89. The van der Waals surface area contributed by atoms with E-state index in [-0.39, 0.29) is 28.6 Å². The van der Waals surface area contributed by atoms with Crippen molar-refractivity contribution in [3.8, 4) is 5.75 Å². The van der Waals surface area contributed by atoms with Gasteiger partial charge in [-0.1, -0.05) is 18.0 Å². The number of sulfonamides is 1. The lowest BCUT2D eigenvalue weighted by Gasteiger charge is -2.11. The number of carboxylic acid groups (broad SMARTS) is 1. The Hall–Kier alpha value is -1.91. The molecule has 134 valence electrons. The second-order valence-electron chi connectivity index (χ2n) is 4.81. The topological polar surface area (TPSA) is 136 Å². The van der Waals surface area contributed by atoms with Crippen molar-refractivity contribution in [1.82, 2.24) is 4.72 Å². The van der Waals surface area contributed by atoms with E-state index in [2.05, 4.69) is 4.72 Å². The third-order valence-corrected chi connectivity index (χ3v) is 4.86. The van der Waals surface area contributed by atoms with Gasteiger partial charge in [0.2, 0.25) is 10.0 Å². The summed E-state index contributed by atoms with van der Waals surface area (Å²) in [6, 6.07) is 1.91. The Bertz CT molecular complexity index is 721. The van der Waals surface area contributed by atoms with Gasteiger partial charge < -0.3 is 9.84 Å². The van der Waals surface area contributed by atoms with Gasteiger partial charge in [0.25, 0.3) is 5.69 Å². The molecular formula is C13H17ClN2O7S. The number of methoxy groups -OCH3 is 1. The molecule has 0 aliphatic heterocycles. The normalized spacial score (nSPS) is 11.2. The van der Waals surface area contributed by atoms with Crippen LogP contribution in [0.5, 0.6) is 5.75 Å². The van der Waals surface area contributed by atoms with Crippen molar-refractivity contribution in [2.45, 2.75) is 30.6 Å². The number of rotatable bonds is 10. The second-order valence-corrected chi connectivity index (χ2v) is 6.96. The van der Waals surface area contributed by atoms with Crippen molar-refractivity contribution in [3.05, 3.63) is 27.3 Å². The minimum absolute atomic E-state index is 0.0263. The number of nitro benzene ring substituents is 1. The van der Waals surface area contributed by atoms with Crippen LogP contribution in [-0.2, 0) is 14.8 Å². The fraction of sp³-hybridized carbons (Fsp3) is 0.462. The fourth-order valence-electron chi connectivity index (χ4n) is 1.90. The Balaban J connectivity index is 2.81. The van der Waals surface area contributed by atoms with E-state index in [4.69, 9.17) is 21.4 Å². The van der Waals surface area contributed by atoms with Crippen LogP contribution in [0.3, 0.4) is 0 Å². The molecule has 0 heterocycles. The average molecular weight is 381 g/mol. The first kappa shape index (κ1) is 20.1. The summed E-state index contributed by atoms with van der Waals surface area (Å²) in [4.78, 5) is 20.2. The maximum Gasteiger partial charge on any atom is 0.303 e. The van der Waals surface area contributed by atoms with Crippen molar-refractivity contribution in [3.63, 3.8) is 0 Å². The van der Waals surface area contributed by atoms with Gasteiger partial charge in [-0.3, -0.25) is 14.9 Å². The molecule has 9 nitrogen and oxygen atoms in total. The van der Waals surface area contributed by atoms with E-state index in [0.717, 1.165) is 12.1 Å². The molecule has 0 fully saturated rings. The lowest BCUT2D eigenvalue weighted by molar-refractivity contribution is -0.384. The van der Waals surface area contributed by atoms with Crippen LogP contribution >= 0.6 is 11.6 Å². The van der Waals surface area contributed by atoms with E-state index >= 15 is 0 Å². The monoisotopic (exact) mass is 380 g/mol. The number of carboxylic acids is 1. The van der Waals surface area contributed by atoms with Gasteiger partial charge in [-0.25, -0.2) is 13.1 Å². The standard InChI is InChI=1S/C13H17ClN2O7S/c1-23-11-8-10(16(19)20)9(14)7-12(11)24(21,22)15-6-4-2-3-5-13(17)18/h7-8,15H,2-6H2,1H3,(H,17,18). The number of unbranched alkanes of at least 4 members (excludes halogenated alkanes) is 2. The first-order chi connectivity index (χ1) is 11.2. The van der Waals surface area contributed by atoms with E-state index in [1.807, 2.05) is 0 Å². The molecule has 1 aromatic carbocycles. The highest BCUT2D eigenvalue weighted by Gasteiger charge is 2.25. The van der Waals surface area contributed by atoms with Crippen LogP contribution in [-0.4, -0.2) is 38.1 Å². The molecule has 0 saturated carbocycles. The van der Waals surface area contributed by atoms with Crippen LogP contribution in [0.15, 0.2) is 17.0 Å². The van der Waals surface area contributed by atoms with Crippen LogP contribution in [0, 0.1) is 10.1 Å². The lowest BCUT2D eigenvalue weighted by Crippen LogP contribution is -2.25. The largest absolute Gasteiger partial charge is 0.495 e. The van der Waals surface area contributed by atoms with E-state index in [9.17, 15) is 23.3 Å². The maximum absolute atomic E-state index is 12.3. The van der Waals surface area contributed by atoms with Crippen LogP contribution < -0.4 is 9.46 Å². The smallest absolute Gasteiger partial charge is 0.303 e. The number of halogens is 1. The molecule has 0 bridgehead atoms. The number of hydrogen-bond donors (Lipinski definition) is 2. The molecule has 0 unspecified atom stereocenters. The average Bonchev–Trinajstić information content (AvgIpc) is 2.49. The first-order valence-electron chi connectivity index (χ1n) is 6.92. The molecule has 0 aliphatic carbocycles. The predicted molar refractivity (Wildman–Crippen MR) is 86.0 cm³/mol. The molecule has 1 aromatic rings. The Morgan fingerprint density at radius 3 is 2.58 bits per heavy atom. The van der Waals surface area contributed by atoms with Crippen LogP contribution in [0.1, 0.15) is 25.7 Å².